The molecule has 13 heteroatoms. The number of esters is 1. The maximum atomic E-state index is 13.7. The molecule has 1 aromatic rings. The van der Waals surface area contributed by atoms with Crippen LogP contribution in [0.5, 0.6) is 5.75 Å². The number of aliphatic hydroxyl groups is 1. The minimum Gasteiger partial charge on any atom is -0.481 e. The van der Waals surface area contributed by atoms with Crippen molar-refractivity contribution in [3.05, 3.63) is 42.0 Å². The van der Waals surface area contributed by atoms with E-state index in [1.807, 2.05) is 0 Å². The maximum absolute atomic E-state index is 13.7. The predicted molar refractivity (Wildman–Crippen MR) is 191 cm³/mol. The number of allylic oxidation sites excluding steroid dienone is 1. The van der Waals surface area contributed by atoms with Crippen molar-refractivity contribution in [2.24, 2.45) is 11.7 Å². The summed E-state index contributed by atoms with van der Waals surface area (Å²) in [5, 5.41) is 26.0. The van der Waals surface area contributed by atoms with E-state index in [-0.39, 0.29) is 18.8 Å². The SMILES string of the molecule is CC#CCOc1ccc(C[C@H](NC(=O)[C@@H](C=CCCCCCCC(=O)CCCCCCC)[C@@](O)(CC(=O)NCC(N)=O)C(=O)O)C(=O)OC)cc1. The first kappa shape index (κ1) is 44.3. The van der Waals surface area contributed by atoms with E-state index in [4.69, 9.17) is 15.2 Å². The van der Waals surface area contributed by atoms with Crippen LogP contribution in [0.2, 0.25) is 0 Å². The van der Waals surface area contributed by atoms with Crippen molar-refractivity contribution in [3.63, 3.8) is 0 Å². The van der Waals surface area contributed by atoms with Crippen LogP contribution in [-0.2, 0) is 39.9 Å². The number of hydrogen-bond acceptors (Lipinski definition) is 9. The molecule has 0 aliphatic carbocycles. The lowest BCUT2D eigenvalue weighted by atomic mass is 9.82. The van der Waals surface area contributed by atoms with Crippen molar-refractivity contribution in [1.82, 2.24) is 10.6 Å². The second-order valence-electron chi connectivity index (χ2n) is 12.4. The van der Waals surface area contributed by atoms with Gasteiger partial charge >= 0.3 is 11.9 Å². The Bertz CT molecular complexity index is 1370. The molecular weight excluding hydrogens is 658 g/mol. The predicted octanol–water partition coefficient (Wildman–Crippen LogP) is 3.54. The molecule has 3 atom stereocenters. The molecule has 13 nitrogen and oxygen atoms in total. The smallest absolute Gasteiger partial charge is 0.337 e. The Morgan fingerprint density at radius 2 is 1.59 bits per heavy atom. The number of methoxy groups -OCH3 is 1. The summed E-state index contributed by atoms with van der Waals surface area (Å²) in [5.41, 5.74) is 2.71. The molecular formula is C38H55N3O10. The summed E-state index contributed by atoms with van der Waals surface area (Å²) in [5.74, 6) is -1.17. The molecule has 0 aliphatic heterocycles. The zero-order valence-electron chi connectivity index (χ0n) is 30.2. The summed E-state index contributed by atoms with van der Waals surface area (Å²) in [4.78, 5) is 74.7. The molecule has 0 aromatic heterocycles. The second-order valence-corrected chi connectivity index (χ2v) is 12.4. The normalized spacial score (nSPS) is 13.2. The van der Waals surface area contributed by atoms with Crippen molar-refractivity contribution in [2.45, 2.75) is 115 Å². The van der Waals surface area contributed by atoms with E-state index in [1.165, 1.54) is 18.6 Å². The Hall–Kier alpha value is -4.70. The lowest BCUT2D eigenvalue weighted by Gasteiger charge is -2.30. The number of rotatable bonds is 27. The van der Waals surface area contributed by atoms with Gasteiger partial charge in [0, 0.05) is 19.3 Å². The number of aliphatic carboxylic acids is 1. The average molecular weight is 714 g/mol. The Morgan fingerprint density at radius 1 is 0.961 bits per heavy atom. The van der Waals surface area contributed by atoms with Crippen LogP contribution in [0.25, 0.3) is 0 Å². The Kier molecular flexibility index (Phi) is 22.0. The lowest BCUT2D eigenvalue weighted by Crippen LogP contribution is -2.56. The van der Waals surface area contributed by atoms with E-state index in [0.29, 0.717) is 37.0 Å². The summed E-state index contributed by atoms with van der Waals surface area (Å²) in [6, 6.07) is 5.40. The number of Topliss-reactive ketones (excluding diaryl/α,β-unsaturated/α-hetero) is 1. The van der Waals surface area contributed by atoms with Gasteiger partial charge in [0.05, 0.1) is 26.0 Å². The third-order valence-electron chi connectivity index (χ3n) is 8.17. The van der Waals surface area contributed by atoms with Crippen LogP contribution in [-0.4, -0.2) is 77.6 Å². The van der Waals surface area contributed by atoms with Crippen molar-refractivity contribution in [3.8, 4) is 17.6 Å². The molecule has 0 spiro atoms. The third-order valence-corrected chi connectivity index (χ3v) is 8.17. The van der Waals surface area contributed by atoms with E-state index in [0.717, 1.165) is 52.1 Å². The maximum Gasteiger partial charge on any atom is 0.337 e. The summed E-state index contributed by atoms with van der Waals surface area (Å²) in [7, 11) is 1.13. The highest BCUT2D eigenvalue weighted by Crippen LogP contribution is 2.26. The highest BCUT2D eigenvalue weighted by Gasteiger charge is 2.49. The fourth-order valence-electron chi connectivity index (χ4n) is 5.24. The fraction of sp³-hybridized carbons (Fsp3) is 0.579. The van der Waals surface area contributed by atoms with Crippen LogP contribution in [0.4, 0.5) is 0 Å². The summed E-state index contributed by atoms with van der Waals surface area (Å²) >= 11 is 0. The van der Waals surface area contributed by atoms with Gasteiger partial charge in [-0.2, -0.15) is 0 Å². The van der Waals surface area contributed by atoms with Crippen molar-refractivity contribution in [1.29, 1.82) is 0 Å². The molecule has 3 amide bonds. The largest absolute Gasteiger partial charge is 0.481 e. The van der Waals surface area contributed by atoms with Crippen LogP contribution in [0, 0.1) is 17.8 Å². The van der Waals surface area contributed by atoms with E-state index < -0.39 is 60.2 Å². The Labute approximate surface area is 301 Å². The topological polar surface area (TPSA) is 211 Å². The first-order valence-corrected chi connectivity index (χ1v) is 17.6. The minimum absolute atomic E-state index is 0.0458. The number of amides is 3. The summed E-state index contributed by atoms with van der Waals surface area (Å²) < 4.78 is 10.4. The summed E-state index contributed by atoms with van der Waals surface area (Å²) in [6.45, 7) is 3.43. The number of unbranched alkanes of at least 4 members (excludes halogenated alkanes) is 8. The van der Waals surface area contributed by atoms with Gasteiger partial charge in [0.25, 0.3) is 0 Å². The number of benzene rings is 1. The van der Waals surface area contributed by atoms with Gasteiger partial charge in [-0.1, -0.05) is 75.7 Å². The number of hydrogen-bond donors (Lipinski definition) is 5. The van der Waals surface area contributed by atoms with E-state index in [9.17, 15) is 39.0 Å². The van der Waals surface area contributed by atoms with Gasteiger partial charge in [-0.3, -0.25) is 19.2 Å². The first-order chi connectivity index (χ1) is 24.4. The molecule has 0 heterocycles. The second kappa shape index (κ2) is 25.3. The monoisotopic (exact) mass is 713 g/mol. The van der Waals surface area contributed by atoms with Gasteiger partial charge in [0.1, 0.15) is 24.2 Å². The molecule has 6 N–H and O–H groups in total. The minimum atomic E-state index is -2.96. The van der Waals surface area contributed by atoms with Gasteiger partial charge in [0.2, 0.25) is 17.7 Å². The zero-order chi connectivity index (χ0) is 38.1. The number of carbonyl (C=O) groups excluding carboxylic acids is 5. The molecule has 0 aliphatic rings. The quantitative estimate of drug-likeness (QED) is 0.0387. The molecule has 0 bridgehead atoms. The average Bonchev–Trinajstić information content (AvgIpc) is 3.09. The third kappa shape index (κ3) is 18.2. The van der Waals surface area contributed by atoms with Crippen LogP contribution >= 0.6 is 0 Å². The number of primary amides is 1. The number of carboxylic acid groups (broad SMARTS) is 1. The molecule has 51 heavy (non-hydrogen) atoms. The van der Waals surface area contributed by atoms with Crippen LogP contribution in [0.1, 0.15) is 103 Å². The highest BCUT2D eigenvalue weighted by atomic mass is 16.5. The molecule has 0 unspecified atom stereocenters. The van der Waals surface area contributed by atoms with E-state index >= 15 is 0 Å². The van der Waals surface area contributed by atoms with Crippen molar-refractivity contribution >= 4 is 35.4 Å². The molecule has 282 valence electrons. The standard InChI is InChI=1S/C38H55N3O10/c1-4-6-8-11-14-17-29(42)18-15-12-9-10-13-16-19-31(38(49,37(47)48)26-34(44)40-27-33(39)43)35(45)41-32(36(46)50-3)25-28-20-22-30(23-21-28)51-24-7-5-2/h16,19-23,31-32,49H,4,6,8-15,17-18,24-27H2,1-3H3,(H2,39,43)(H,40,44)(H,41,45)(H,47,48)/t31-,32+,38+/m1/s1. The highest BCUT2D eigenvalue weighted by molar-refractivity contribution is 5.96. The van der Waals surface area contributed by atoms with Crippen molar-refractivity contribution < 1.29 is 48.5 Å². The molecule has 0 saturated heterocycles. The van der Waals surface area contributed by atoms with Crippen LogP contribution < -0.4 is 21.1 Å². The van der Waals surface area contributed by atoms with Gasteiger partial charge in [-0.05, 0) is 50.3 Å². The van der Waals surface area contributed by atoms with E-state index in [2.05, 4.69) is 29.4 Å². The van der Waals surface area contributed by atoms with Gasteiger partial charge in [-0.15, -0.1) is 5.92 Å². The van der Waals surface area contributed by atoms with Crippen LogP contribution in [0.15, 0.2) is 36.4 Å². The summed E-state index contributed by atoms with van der Waals surface area (Å²) in [6.07, 6.45) is 11.7. The molecule has 1 aromatic carbocycles. The van der Waals surface area contributed by atoms with Gasteiger partial charge in [-0.25, -0.2) is 9.59 Å². The van der Waals surface area contributed by atoms with Gasteiger partial charge < -0.3 is 36.1 Å². The lowest BCUT2D eigenvalue weighted by molar-refractivity contribution is -0.169. The molecule has 0 saturated carbocycles. The van der Waals surface area contributed by atoms with Crippen LogP contribution in [0.3, 0.4) is 0 Å². The molecule has 0 fully saturated rings. The first-order valence-electron chi connectivity index (χ1n) is 17.6. The Morgan fingerprint density at radius 3 is 2.16 bits per heavy atom. The number of carbonyl (C=O) groups is 6. The molecule has 1 rings (SSSR count). The molecule has 0 radical (unpaired) electrons. The Balaban J connectivity index is 3.04. The van der Waals surface area contributed by atoms with Crippen molar-refractivity contribution in [2.75, 3.05) is 20.3 Å². The van der Waals surface area contributed by atoms with Gasteiger partial charge in [0.15, 0.2) is 5.60 Å². The van der Waals surface area contributed by atoms with E-state index in [1.54, 1.807) is 31.2 Å². The number of carboxylic acids is 1. The fourth-order valence-corrected chi connectivity index (χ4v) is 5.24. The number of ketones is 1. The number of nitrogens with two attached hydrogens (primary N) is 1. The number of nitrogens with one attached hydrogen (secondary N) is 2. The zero-order valence-corrected chi connectivity index (χ0v) is 30.2. The number of ether oxygens (including phenoxy) is 2.